The zero-order chi connectivity index (χ0) is 55.8. The number of nitrogens with one attached hydrogen (secondary N) is 1. The molecular formula is C71H137NO5. The van der Waals surface area contributed by atoms with Crippen LogP contribution in [0.5, 0.6) is 0 Å². The summed E-state index contributed by atoms with van der Waals surface area (Å²) >= 11 is 0. The standard InChI is InChI=1S/C71H137NO5/c1-3-5-7-9-11-13-15-17-19-21-23-25-27-28-29-30-31-32-33-34-35-36-37-38-39-40-41-43-45-47-49-51-53-55-57-59-61-63-65-69(75)71(77)72-67(66-73)70(76)68(74)64-62-60-58-56-54-52-50-48-46-44-42-26-24-22-20-18-16-14-12-10-8-6-4-2/h31-32,34-35,56,58,67-70,73-76H,3-30,33,36-55,57,59-66H2,1-2H3,(H,72,77)/b32-31-,35-34-,58-56+. The van der Waals surface area contributed by atoms with Crippen LogP contribution in [-0.2, 0) is 4.79 Å². The number of aliphatic hydroxyl groups excluding tert-OH is 4. The second-order valence-corrected chi connectivity index (χ2v) is 24.2. The van der Waals surface area contributed by atoms with Crippen molar-refractivity contribution in [1.82, 2.24) is 5.32 Å². The quantitative estimate of drug-likeness (QED) is 0.0308. The lowest BCUT2D eigenvalue weighted by Gasteiger charge is -2.27. The predicted molar refractivity (Wildman–Crippen MR) is 339 cm³/mol. The lowest BCUT2D eigenvalue weighted by atomic mass is 10.00. The summed E-state index contributed by atoms with van der Waals surface area (Å²) in [6.07, 6.45) is 84.2. The highest BCUT2D eigenvalue weighted by molar-refractivity contribution is 5.80. The van der Waals surface area contributed by atoms with Crippen molar-refractivity contribution in [2.24, 2.45) is 0 Å². The van der Waals surface area contributed by atoms with Crippen LogP contribution in [0.3, 0.4) is 0 Å². The zero-order valence-corrected chi connectivity index (χ0v) is 52.0. The van der Waals surface area contributed by atoms with E-state index < -0.39 is 36.9 Å². The van der Waals surface area contributed by atoms with E-state index in [2.05, 4.69) is 55.6 Å². The number of rotatable bonds is 65. The van der Waals surface area contributed by atoms with E-state index in [1.807, 2.05) is 0 Å². The topological polar surface area (TPSA) is 110 Å². The maximum Gasteiger partial charge on any atom is 0.249 e. The van der Waals surface area contributed by atoms with E-state index in [0.29, 0.717) is 12.8 Å². The van der Waals surface area contributed by atoms with Gasteiger partial charge in [0.25, 0.3) is 0 Å². The number of allylic oxidation sites excluding steroid dienone is 6. The fourth-order valence-corrected chi connectivity index (χ4v) is 11.1. The number of hydrogen-bond acceptors (Lipinski definition) is 5. The third kappa shape index (κ3) is 59.0. The average Bonchev–Trinajstić information content (AvgIpc) is 3.43. The van der Waals surface area contributed by atoms with Crippen LogP contribution in [0.1, 0.15) is 380 Å². The molecule has 0 heterocycles. The number of amides is 1. The first-order chi connectivity index (χ1) is 38.0. The zero-order valence-electron chi connectivity index (χ0n) is 52.0. The van der Waals surface area contributed by atoms with Crippen molar-refractivity contribution in [2.75, 3.05) is 6.61 Å². The Morgan fingerprint density at radius 1 is 0.325 bits per heavy atom. The maximum atomic E-state index is 12.7. The number of hydrogen-bond donors (Lipinski definition) is 5. The number of carbonyl (C=O) groups is 1. The molecule has 6 heteroatoms. The Kier molecular flexibility index (Phi) is 64.1. The molecule has 0 fully saturated rings. The van der Waals surface area contributed by atoms with Crippen LogP contribution < -0.4 is 5.32 Å². The van der Waals surface area contributed by atoms with Crippen molar-refractivity contribution in [2.45, 2.75) is 404 Å². The summed E-state index contributed by atoms with van der Waals surface area (Å²) < 4.78 is 0. The lowest BCUT2D eigenvalue weighted by molar-refractivity contribution is -0.132. The van der Waals surface area contributed by atoms with Gasteiger partial charge in [0, 0.05) is 0 Å². The van der Waals surface area contributed by atoms with E-state index in [4.69, 9.17) is 0 Å². The Bertz CT molecular complexity index is 1220. The van der Waals surface area contributed by atoms with Gasteiger partial charge < -0.3 is 25.7 Å². The molecule has 4 unspecified atom stereocenters. The molecule has 0 rings (SSSR count). The molecule has 0 saturated heterocycles. The number of aliphatic hydroxyl groups is 4. The molecule has 5 N–H and O–H groups in total. The third-order valence-corrected chi connectivity index (χ3v) is 16.6. The van der Waals surface area contributed by atoms with E-state index >= 15 is 0 Å². The van der Waals surface area contributed by atoms with Crippen molar-refractivity contribution in [3.8, 4) is 0 Å². The summed E-state index contributed by atoms with van der Waals surface area (Å²) in [5.74, 6) is -0.588. The highest BCUT2D eigenvalue weighted by atomic mass is 16.3. The van der Waals surface area contributed by atoms with Gasteiger partial charge in [0.15, 0.2) is 0 Å². The van der Waals surface area contributed by atoms with Crippen LogP contribution in [0.15, 0.2) is 36.5 Å². The van der Waals surface area contributed by atoms with E-state index in [1.54, 1.807) is 0 Å². The Balaban J connectivity index is 3.55. The molecule has 0 spiro atoms. The number of unbranched alkanes of at least 4 members (excludes halogenated alkanes) is 50. The monoisotopic (exact) mass is 1080 g/mol. The normalized spacial score (nSPS) is 13.7. The molecule has 0 aliphatic heterocycles. The SMILES string of the molecule is CCCCCCCCCCCCCCCCC/C=C\C/C=C\CCCCCCCCCCCCCCCCCCC(O)C(=O)NC(CO)C(O)C(O)CCC/C=C/CCCCCCCCCCCCCCCCCCCC. The molecule has 6 nitrogen and oxygen atoms in total. The van der Waals surface area contributed by atoms with Gasteiger partial charge >= 0.3 is 0 Å². The van der Waals surface area contributed by atoms with Crippen molar-refractivity contribution in [3.05, 3.63) is 36.5 Å². The first-order valence-electron chi connectivity index (χ1n) is 34.9. The molecule has 456 valence electrons. The molecule has 4 atom stereocenters. The van der Waals surface area contributed by atoms with Gasteiger partial charge in [-0.05, 0) is 70.6 Å². The van der Waals surface area contributed by atoms with Gasteiger partial charge in [0.2, 0.25) is 5.91 Å². The summed E-state index contributed by atoms with van der Waals surface area (Å²) in [6.45, 7) is 4.09. The van der Waals surface area contributed by atoms with Gasteiger partial charge in [-0.15, -0.1) is 0 Å². The van der Waals surface area contributed by atoms with Crippen LogP contribution >= 0.6 is 0 Å². The highest BCUT2D eigenvalue weighted by Crippen LogP contribution is 2.19. The van der Waals surface area contributed by atoms with E-state index in [9.17, 15) is 25.2 Å². The molecule has 0 bridgehead atoms. The van der Waals surface area contributed by atoms with Gasteiger partial charge in [-0.2, -0.15) is 0 Å². The van der Waals surface area contributed by atoms with Gasteiger partial charge in [-0.1, -0.05) is 346 Å². The highest BCUT2D eigenvalue weighted by Gasteiger charge is 2.28. The minimum atomic E-state index is -1.28. The molecule has 0 aromatic rings. The predicted octanol–water partition coefficient (Wildman–Crippen LogP) is 21.5. The molecule has 0 saturated carbocycles. The Morgan fingerprint density at radius 3 is 0.857 bits per heavy atom. The lowest BCUT2D eigenvalue weighted by Crippen LogP contribution is -2.53. The van der Waals surface area contributed by atoms with Crippen LogP contribution in [0.4, 0.5) is 0 Å². The molecule has 0 radical (unpaired) electrons. The van der Waals surface area contributed by atoms with E-state index in [1.165, 1.54) is 308 Å². The van der Waals surface area contributed by atoms with Gasteiger partial charge in [-0.3, -0.25) is 4.79 Å². The fraction of sp³-hybridized carbons (Fsp3) is 0.901. The first kappa shape index (κ1) is 75.5. The van der Waals surface area contributed by atoms with E-state index in [-0.39, 0.29) is 0 Å². The van der Waals surface area contributed by atoms with Gasteiger partial charge in [0.1, 0.15) is 12.2 Å². The molecular weight excluding hydrogens is 947 g/mol. The van der Waals surface area contributed by atoms with Gasteiger partial charge in [0.05, 0.1) is 18.8 Å². The Hall–Kier alpha value is -1.47. The summed E-state index contributed by atoms with van der Waals surface area (Å²) in [7, 11) is 0. The minimum absolute atomic E-state index is 0.365. The van der Waals surface area contributed by atoms with Crippen LogP contribution in [0, 0.1) is 0 Å². The largest absolute Gasteiger partial charge is 0.394 e. The molecule has 0 aromatic heterocycles. The second kappa shape index (κ2) is 65.3. The Morgan fingerprint density at radius 2 is 0.571 bits per heavy atom. The van der Waals surface area contributed by atoms with E-state index in [0.717, 1.165) is 44.9 Å². The third-order valence-electron chi connectivity index (χ3n) is 16.6. The van der Waals surface area contributed by atoms with Gasteiger partial charge in [-0.25, -0.2) is 0 Å². The summed E-state index contributed by atoms with van der Waals surface area (Å²) in [4.78, 5) is 12.7. The maximum absolute atomic E-state index is 12.7. The summed E-state index contributed by atoms with van der Waals surface area (Å²) in [5.41, 5.74) is 0. The molecule has 0 aliphatic carbocycles. The molecule has 0 aliphatic rings. The van der Waals surface area contributed by atoms with Crippen LogP contribution in [0.2, 0.25) is 0 Å². The fourth-order valence-electron chi connectivity index (χ4n) is 11.1. The first-order valence-corrected chi connectivity index (χ1v) is 34.9. The van der Waals surface area contributed by atoms with Crippen molar-refractivity contribution in [3.63, 3.8) is 0 Å². The van der Waals surface area contributed by atoms with Crippen molar-refractivity contribution < 1.29 is 25.2 Å². The second-order valence-electron chi connectivity index (χ2n) is 24.2. The van der Waals surface area contributed by atoms with Crippen molar-refractivity contribution in [1.29, 1.82) is 0 Å². The van der Waals surface area contributed by atoms with Crippen LogP contribution in [-0.4, -0.2) is 57.3 Å². The summed E-state index contributed by atoms with van der Waals surface area (Å²) in [5, 5.41) is 44.2. The molecule has 0 aromatic carbocycles. The summed E-state index contributed by atoms with van der Waals surface area (Å²) in [6, 6.07) is -1.00. The number of carbonyl (C=O) groups excluding carboxylic acids is 1. The smallest absolute Gasteiger partial charge is 0.249 e. The minimum Gasteiger partial charge on any atom is -0.394 e. The molecule has 1 amide bonds. The van der Waals surface area contributed by atoms with Crippen molar-refractivity contribution >= 4 is 5.91 Å². The van der Waals surface area contributed by atoms with Crippen LogP contribution in [0.25, 0.3) is 0 Å². The Labute approximate surface area is 481 Å². The molecule has 77 heavy (non-hydrogen) atoms. The average molecular weight is 1080 g/mol.